The molecular weight excluding hydrogens is 277 g/mol. The molecule has 74 valence electrons. The van der Waals surface area contributed by atoms with Crippen LogP contribution in [0.5, 0.6) is 0 Å². The van der Waals surface area contributed by atoms with Gasteiger partial charge in [-0.25, -0.2) is 0 Å². The minimum atomic E-state index is 0.301. The predicted octanol–water partition coefficient (Wildman–Crippen LogP) is 2.58. The molecule has 0 radical (unpaired) electrons. The third-order valence-corrected chi connectivity index (χ3v) is 3.07. The Morgan fingerprint density at radius 3 is 2.85 bits per heavy atom. The highest BCUT2D eigenvalue weighted by Crippen LogP contribution is 2.17. The van der Waals surface area contributed by atoms with Crippen LogP contribution in [0.1, 0.15) is 26.7 Å². The molecule has 0 bridgehead atoms. The summed E-state index contributed by atoms with van der Waals surface area (Å²) in [6.07, 6.45) is 3.86. The highest BCUT2D eigenvalue weighted by Gasteiger charge is 2.16. The normalized spacial score (nSPS) is 17.5. The van der Waals surface area contributed by atoms with E-state index in [0.717, 1.165) is 19.5 Å². The van der Waals surface area contributed by atoms with Gasteiger partial charge >= 0.3 is 0 Å². The summed E-state index contributed by atoms with van der Waals surface area (Å²) in [6.45, 7) is 5.88. The van der Waals surface area contributed by atoms with E-state index in [1.165, 1.54) is 3.58 Å². The third kappa shape index (κ3) is 3.67. The molecule has 0 fully saturated rings. The Morgan fingerprint density at radius 1 is 1.69 bits per heavy atom. The second-order valence-corrected chi connectivity index (χ2v) is 5.22. The fourth-order valence-corrected chi connectivity index (χ4v) is 1.79. The Morgan fingerprint density at radius 2 is 2.38 bits per heavy atom. The lowest BCUT2D eigenvalue weighted by Crippen LogP contribution is -2.34. The first kappa shape index (κ1) is 11.0. The van der Waals surface area contributed by atoms with Gasteiger partial charge in [0, 0.05) is 19.5 Å². The minimum Gasteiger partial charge on any atom is -0.339 e. The molecule has 1 aliphatic heterocycles. The minimum absolute atomic E-state index is 0.301. The monoisotopic (exact) mass is 293 g/mol. The summed E-state index contributed by atoms with van der Waals surface area (Å²) in [4.78, 5) is 13.6. The van der Waals surface area contributed by atoms with Gasteiger partial charge in [0.25, 0.3) is 0 Å². The molecule has 0 aromatic heterocycles. The first-order valence-electron chi connectivity index (χ1n) is 4.72. The smallest absolute Gasteiger partial charge is 0.223 e. The Bertz CT molecular complexity index is 223. The molecule has 0 aromatic carbocycles. The largest absolute Gasteiger partial charge is 0.339 e. The summed E-state index contributed by atoms with van der Waals surface area (Å²) in [5, 5.41) is 0. The van der Waals surface area contributed by atoms with E-state index in [1.807, 2.05) is 4.90 Å². The summed E-state index contributed by atoms with van der Waals surface area (Å²) in [5.41, 5.74) is 0. The van der Waals surface area contributed by atoms with Crippen molar-refractivity contribution in [1.82, 2.24) is 4.90 Å². The Balaban J connectivity index is 2.41. The molecule has 1 heterocycles. The molecule has 0 aliphatic carbocycles. The van der Waals surface area contributed by atoms with Crippen molar-refractivity contribution in [2.45, 2.75) is 26.7 Å². The maximum Gasteiger partial charge on any atom is 0.223 e. The summed E-state index contributed by atoms with van der Waals surface area (Å²) >= 11 is 2.34. The Hall–Kier alpha value is -0.0600. The lowest BCUT2D eigenvalue weighted by atomic mass is 10.1. The SMILES string of the molecule is CC(C)CC(=O)N1CC=C(I)CC1. The van der Waals surface area contributed by atoms with Gasteiger partial charge in [0.05, 0.1) is 0 Å². The van der Waals surface area contributed by atoms with E-state index < -0.39 is 0 Å². The average Bonchev–Trinajstić information content (AvgIpc) is 2.04. The summed E-state index contributed by atoms with van der Waals surface area (Å²) < 4.78 is 1.38. The highest BCUT2D eigenvalue weighted by molar-refractivity contribution is 14.1. The molecule has 0 spiro atoms. The van der Waals surface area contributed by atoms with Crippen molar-refractivity contribution >= 4 is 28.5 Å². The van der Waals surface area contributed by atoms with Gasteiger partial charge in [-0.3, -0.25) is 4.79 Å². The zero-order valence-corrected chi connectivity index (χ0v) is 10.4. The number of carbonyl (C=O) groups is 1. The van der Waals surface area contributed by atoms with Gasteiger partial charge in [-0.05, 0) is 38.5 Å². The maximum absolute atomic E-state index is 11.6. The first-order chi connectivity index (χ1) is 6.09. The van der Waals surface area contributed by atoms with Gasteiger partial charge in [0.15, 0.2) is 0 Å². The van der Waals surface area contributed by atoms with Gasteiger partial charge in [-0.2, -0.15) is 0 Å². The number of amides is 1. The Kier molecular flexibility index (Phi) is 4.22. The number of carbonyl (C=O) groups excluding carboxylic acids is 1. The molecule has 3 heteroatoms. The van der Waals surface area contributed by atoms with Crippen molar-refractivity contribution in [3.8, 4) is 0 Å². The van der Waals surface area contributed by atoms with E-state index in [0.29, 0.717) is 18.2 Å². The van der Waals surface area contributed by atoms with Crippen LogP contribution in [-0.4, -0.2) is 23.9 Å². The number of nitrogens with zero attached hydrogens (tertiary/aromatic N) is 1. The van der Waals surface area contributed by atoms with Crippen molar-refractivity contribution in [3.05, 3.63) is 9.66 Å². The summed E-state index contributed by atoms with van der Waals surface area (Å²) in [6, 6.07) is 0. The second-order valence-electron chi connectivity index (χ2n) is 3.84. The molecular formula is C10H16INO. The molecule has 1 rings (SSSR count). The van der Waals surface area contributed by atoms with Gasteiger partial charge in [0.1, 0.15) is 0 Å². The van der Waals surface area contributed by atoms with Crippen molar-refractivity contribution < 1.29 is 4.79 Å². The zero-order chi connectivity index (χ0) is 9.84. The number of hydrogen-bond acceptors (Lipinski definition) is 1. The van der Waals surface area contributed by atoms with Crippen LogP contribution in [0.4, 0.5) is 0 Å². The van der Waals surface area contributed by atoms with E-state index in [2.05, 4.69) is 42.5 Å². The van der Waals surface area contributed by atoms with Crippen LogP contribution in [0, 0.1) is 5.92 Å². The predicted molar refractivity (Wildman–Crippen MR) is 62.8 cm³/mol. The topological polar surface area (TPSA) is 20.3 Å². The zero-order valence-electron chi connectivity index (χ0n) is 8.22. The molecule has 0 unspecified atom stereocenters. The first-order valence-corrected chi connectivity index (χ1v) is 5.79. The number of rotatable bonds is 2. The van der Waals surface area contributed by atoms with Gasteiger partial charge in [0.2, 0.25) is 5.91 Å². The fourth-order valence-electron chi connectivity index (χ4n) is 1.35. The summed E-state index contributed by atoms with van der Waals surface area (Å²) in [5.74, 6) is 0.771. The standard InChI is InChI=1S/C10H16INO/c1-8(2)7-10(13)12-5-3-9(11)4-6-12/h3,8H,4-7H2,1-2H3. The molecule has 0 saturated carbocycles. The maximum atomic E-state index is 11.6. The average molecular weight is 293 g/mol. The van der Waals surface area contributed by atoms with Crippen LogP contribution in [0.25, 0.3) is 0 Å². The molecule has 0 aromatic rings. The van der Waals surface area contributed by atoms with Gasteiger partial charge < -0.3 is 4.90 Å². The van der Waals surface area contributed by atoms with E-state index in [4.69, 9.17) is 0 Å². The van der Waals surface area contributed by atoms with Crippen LogP contribution < -0.4 is 0 Å². The van der Waals surface area contributed by atoms with E-state index in [-0.39, 0.29) is 0 Å². The van der Waals surface area contributed by atoms with Gasteiger partial charge in [-0.15, -0.1) is 0 Å². The number of halogens is 1. The van der Waals surface area contributed by atoms with Crippen LogP contribution in [-0.2, 0) is 4.79 Å². The molecule has 13 heavy (non-hydrogen) atoms. The van der Waals surface area contributed by atoms with Crippen LogP contribution in [0.2, 0.25) is 0 Å². The molecule has 0 N–H and O–H groups in total. The molecule has 0 atom stereocenters. The van der Waals surface area contributed by atoms with Crippen LogP contribution in [0.3, 0.4) is 0 Å². The highest BCUT2D eigenvalue weighted by atomic mass is 127. The summed E-state index contributed by atoms with van der Waals surface area (Å²) in [7, 11) is 0. The van der Waals surface area contributed by atoms with Crippen molar-refractivity contribution in [2.24, 2.45) is 5.92 Å². The Labute approximate surface area is 93.5 Å². The van der Waals surface area contributed by atoms with E-state index >= 15 is 0 Å². The van der Waals surface area contributed by atoms with Crippen LogP contribution in [0.15, 0.2) is 9.66 Å². The molecule has 1 aliphatic rings. The second kappa shape index (κ2) is 4.98. The molecule has 1 amide bonds. The lowest BCUT2D eigenvalue weighted by molar-refractivity contribution is -0.131. The van der Waals surface area contributed by atoms with E-state index in [1.54, 1.807) is 0 Å². The van der Waals surface area contributed by atoms with Crippen molar-refractivity contribution in [2.75, 3.05) is 13.1 Å². The lowest BCUT2D eigenvalue weighted by Gasteiger charge is -2.25. The fraction of sp³-hybridized carbons (Fsp3) is 0.700. The van der Waals surface area contributed by atoms with Gasteiger partial charge in [-0.1, -0.05) is 19.9 Å². The van der Waals surface area contributed by atoms with Crippen molar-refractivity contribution in [3.63, 3.8) is 0 Å². The molecule has 0 saturated heterocycles. The quantitative estimate of drug-likeness (QED) is 0.717. The van der Waals surface area contributed by atoms with E-state index in [9.17, 15) is 4.79 Å². The number of hydrogen-bond donors (Lipinski definition) is 0. The molecule has 2 nitrogen and oxygen atoms in total. The third-order valence-electron chi connectivity index (χ3n) is 2.09. The van der Waals surface area contributed by atoms with Crippen LogP contribution >= 0.6 is 22.6 Å². The van der Waals surface area contributed by atoms with Crippen molar-refractivity contribution in [1.29, 1.82) is 0 Å².